The van der Waals surface area contributed by atoms with E-state index in [1.807, 2.05) is 18.5 Å². The Bertz CT molecular complexity index is 552. The lowest BCUT2D eigenvalue weighted by molar-refractivity contribution is 0.319. The van der Waals surface area contributed by atoms with Gasteiger partial charge >= 0.3 is 0 Å². The van der Waals surface area contributed by atoms with E-state index in [-0.39, 0.29) is 24.0 Å². The Morgan fingerprint density at radius 3 is 2.58 bits per heavy atom. The quantitative estimate of drug-likeness (QED) is 0.269. The van der Waals surface area contributed by atoms with Gasteiger partial charge < -0.3 is 14.8 Å². The van der Waals surface area contributed by atoms with Gasteiger partial charge in [0, 0.05) is 26.7 Å². The zero-order valence-electron chi connectivity index (χ0n) is 17.2. The highest BCUT2D eigenvalue weighted by Gasteiger charge is 2.29. The van der Waals surface area contributed by atoms with Crippen molar-refractivity contribution in [2.45, 2.75) is 66.3 Å². The molecule has 0 amide bonds. The molecule has 1 aliphatic rings. The van der Waals surface area contributed by atoms with Gasteiger partial charge in [0.1, 0.15) is 12.4 Å². The van der Waals surface area contributed by atoms with Crippen LogP contribution in [0.15, 0.2) is 4.99 Å². The fourth-order valence-corrected chi connectivity index (χ4v) is 3.70. The smallest absolute Gasteiger partial charge is 0.194 e. The average molecular weight is 476 g/mol. The number of nitrogens with one attached hydrogen (secondary N) is 1. The summed E-state index contributed by atoms with van der Waals surface area (Å²) < 4.78 is 2.02. The number of nitrogens with zero attached hydrogens (tertiary/aromatic N) is 5. The molecule has 0 spiro atoms. The van der Waals surface area contributed by atoms with Gasteiger partial charge in [-0.2, -0.15) is 0 Å². The molecule has 1 aromatic heterocycles. The van der Waals surface area contributed by atoms with E-state index in [0.717, 1.165) is 49.1 Å². The second kappa shape index (κ2) is 11.8. The number of rotatable bonds is 8. The summed E-state index contributed by atoms with van der Waals surface area (Å²) in [7, 11) is 2.00. The maximum atomic E-state index is 4.88. The lowest BCUT2D eigenvalue weighted by Crippen LogP contribution is -2.41. The van der Waals surface area contributed by atoms with Crippen molar-refractivity contribution < 1.29 is 0 Å². The minimum absolute atomic E-state index is 0. The van der Waals surface area contributed by atoms with Crippen molar-refractivity contribution in [2.24, 2.45) is 23.9 Å². The zero-order chi connectivity index (χ0) is 18.2. The van der Waals surface area contributed by atoms with Gasteiger partial charge in [0.2, 0.25) is 0 Å². The molecule has 26 heavy (non-hydrogen) atoms. The van der Waals surface area contributed by atoms with Crippen molar-refractivity contribution in [1.82, 2.24) is 25.0 Å². The summed E-state index contributed by atoms with van der Waals surface area (Å²) in [5.74, 6) is 4.53. The van der Waals surface area contributed by atoms with Crippen LogP contribution in [0.3, 0.4) is 0 Å². The van der Waals surface area contributed by atoms with Crippen LogP contribution in [0, 0.1) is 18.8 Å². The number of hydrogen-bond donors (Lipinski definition) is 1. The summed E-state index contributed by atoms with van der Waals surface area (Å²) in [6.45, 7) is 12.6. The number of unbranched alkanes of at least 4 members (excludes halogenated alkanes) is 1. The Balaban J connectivity index is 0.00000338. The number of halogens is 1. The van der Waals surface area contributed by atoms with Gasteiger partial charge in [-0.25, -0.2) is 4.99 Å². The molecule has 1 unspecified atom stereocenters. The maximum Gasteiger partial charge on any atom is 0.194 e. The van der Waals surface area contributed by atoms with Gasteiger partial charge in [-0.05, 0) is 31.6 Å². The van der Waals surface area contributed by atoms with E-state index in [1.54, 1.807) is 0 Å². The van der Waals surface area contributed by atoms with E-state index < -0.39 is 0 Å². The fourth-order valence-electron chi connectivity index (χ4n) is 3.70. The van der Waals surface area contributed by atoms with E-state index in [2.05, 4.69) is 41.2 Å². The van der Waals surface area contributed by atoms with E-state index in [4.69, 9.17) is 4.99 Å². The lowest BCUT2D eigenvalue weighted by atomic mass is 9.87. The third kappa shape index (κ3) is 6.09. The molecule has 2 heterocycles. The normalized spacial score (nSPS) is 17.7. The third-order valence-electron chi connectivity index (χ3n) is 5.61. The predicted octanol–water partition coefficient (Wildman–Crippen LogP) is 3.75. The number of aliphatic imine (C=N–C) groups is 1. The van der Waals surface area contributed by atoms with E-state index in [9.17, 15) is 0 Å². The summed E-state index contributed by atoms with van der Waals surface area (Å²) in [4.78, 5) is 7.32. The number of likely N-dealkylation sites (tertiary alicyclic amines) is 1. The second-order valence-corrected chi connectivity index (χ2v) is 7.21. The van der Waals surface area contributed by atoms with E-state index >= 15 is 0 Å². The van der Waals surface area contributed by atoms with Crippen molar-refractivity contribution in [3.05, 3.63) is 11.6 Å². The summed E-state index contributed by atoms with van der Waals surface area (Å²) in [5, 5.41) is 11.9. The predicted molar refractivity (Wildman–Crippen MR) is 119 cm³/mol. The molecule has 7 heteroatoms. The van der Waals surface area contributed by atoms with Crippen LogP contribution in [0.2, 0.25) is 0 Å². The molecule has 1 atom stereocenters. The van der Waals surface area contributed by atoms with Gasteiger partial charge in [-0.3, -0.25) is 0 Å². The first-order valence-corrected chi connectivity index (χ1v) is 9.98. The van der Waals surface area contributed by atoms with Crippen molar-refractivity contribution in [1.29, 1.82) is 0 Å². The highest BCUT2D eigenvalue weighted by molar-refractivity contribution is 14.0. The Hall–Kier alpha value is -0.860. The minimum atomic E-state index is 0. The molecule has 0 saturated carbocycles. The Kier molecular flexibility index (Phi) is 10.5. The summed E-state index contributed by atoms with van der Waals surface area (Å²) in [6.07, 6.45) is 6.21. The van der Waals surface area contributed by atoms with Crippen molar-refractivity contribution in [3.8, 4) is 0 Å². The molecule has 1 saturated heterocycles. The van der Waals surface area contributed by atoms with Gasteiger partial charge in [0.25, 0.3) is 0 Å². The molecule has 0 bridgehead atoms. The van der Waals surface area contributed by atoms with Crippen LogP contribution in [0.4, 0.5) is 0 Å². The van der Waals surface area contributed by atoms with Crippen LogP contribution < -0.4 is 5.32 Å². The Labute approximate surface area is 176 Å². The minimum Gasteiger partial charge on any atom is -0.356 e. The first-order chi connectivity index (χ1) is 12.1. The molecule has 1 N–H and O–H groups in total. The number of guanidine groups is 1. The molecule has 6 nitrogen and oxygen atoms in total. The monoisotopic (exact) mass is 476 g/mol. The summed E-state index contributed by atoms with van der Waals surface area (Å²) >= 11 is 0. The van der Waals surface area contributed by atoms with Crippen LogP contribution in [0.5, 0.6) is 0 Å². The fraction of sp³-hybridized carbons (Fsp3) is 0.842. The van der Waals surface area contributed by atoms with Gasteiger partial charge in [-0.1, -0.05) is 40.0 Å². The van der Waals surface area contributed by atoms with E-state index in [1.165, 1.54) is 32.1 Å². The first kappa shape index (κ1) is 23.2. The van der Waals surface area contributed by atoms with Crippen LogP contribution in [0.25, 0.3) is 0 Å². The van der Waals surface area contributed by atoms with Gasteiger partial charge in [0.05, 0.1) is 0 Å². The molecular weight excluding hydrogens is 439 g/mol. The van der Waals surface area contributed by atoms with Gasteiger partial charge in [0.15, 0.2) is 11.8 Å². The standard InChI is InChI=1S/C19H36N6.HI/c1-6-9-11-20-19(21-13-18-23-22-15(4)24(18)5)25-12-10-17(14-25)16(7-2)8-3;/h16-17H,6-14H2,1-5H3,(H,20,21);1H. The number of hydrogen-bond acceptors (Lipinski definition) is 3. The summed E-state index contributed by atoms with van der Waals surface area (Å²) in [5.41, 5.74) is 0. The molecule has 1 aromatic rings. The van der Waals surface area contributed by atoms with E-state index in [0.29, 0.717) is 6.54 Å². The van der Waals surface area contributed by atoms with Gasteiger partial charge in [-0.15, -0.1) is 34.2 Å². The largest absolute Gasteiger partial charge is 0.356 e. The molecule has 1 fully saturated rings. The maximum absolute atomic E-state index is 4.88. The van der Waals surface area contributed by atoms with Crippen molar-refractivity contribution in [3.63, 3.8) is 0 Å². The zero-order valence-corrected chi connectivity index (χ0v) is 19.5. The highest BCUT2D eigenvalue weighted by atomic mass is 127. The lowest BCUT2D eigenvalue weighted by Gasteiger charge is -2.24. The topological polar surface area (TPSA) is 58.3 Å². The average Bonchev–Trinajstić information content (AvgIpc) is 3.21. The molecular formula is C19H37IN6. The molecule has 0 aromatic carbocycles. The number of aryl methyl sites for hydroxylation is 1. The second-order valence-electron chi connectivity index (χ2n) is 7.21. The van der Waals surface area contributed by atoms with Crippen molar-refractivity contribution >= 4 is 29.9 Å². The molecule has 0 radical (unpaired) electrons. The highest BCUT2D eigenvalue weighted by Crippen LogP contribution is 2.28. The third-order valence-corrected chi connectivity index (χ3v) is 5.61. The van der Waals surface area contributed by atoms with Crippen LogP contribution >= 0.6 is 24.0 Å². The molecule has 2 rings (SSSR count). The Morgan fingerprint density at radius 1 is 1.27 bits per heavy atom. The molecule has 0 aliphatic carbocycles. The van der Waals surface area contributed by atoms with Crippen LogP contribution in [-0.4, -0.2) is 45.3 Å². The van der Waals surface area contributed by atoms with Crippen LogP contribution in [-0.2, 0) is 13.6 Å². The SMILES string of the molecule is CCCCNC(=NCc1nnc(C)n1C)N1CCC(C(CC)CC)C1.I. The number of aromatic nitrogens is 3. The Morgan fingerprint density at radius 2 is 2.00 bits per heavy atom. The van der Waals surface area contributed by atoms with Crippen LogP contribution in [0.1, 0.15) is 64.5 Å². The first-order valence-electron chi connectivity index (χ1n) is 9.98. The molecule has 1 aliphatic heterocycles. The summed E-state index contributed by atoms with van der Waals surface area (Å²) in [6, 6.07) is 0. The molecule has 150 valence electrons. The van der Waals surface area contributed by atoms with Crippen molar-refractivity contribution in [2.75, 3.05) is 19.6 Å².